The molecule has 0 N–H and O–H groups in total. The minimum absolute atomic E-state index is 0. The zero-order chi connectivity index (χ0) is 25.3. The Morgan fingerprint density at radius 3 is 2.37 bits per heavy atom. The van der Waals surface area contributed by atoms with Gasteiger partial charge in [0.15, 0.2) is 17.5 Å². The molecule has 7 heteroatoms. The summed E-state index contributed by atoms with van der Waals surface area (Å²) in [6.45, 7) is 3.17. The molecule has 0 spiro atoms. The number of nitrogens with zero attached hydrogens (tertiary/aromatic N) is 2. The lowest BCUT2D eigenvalue weighted by atomic mass is 9.74. The third-order valence-corrected chi connectivity index (χ3v) is 9.30. The minimum atomic E-state index is -0.543. The van der Waals surface area contributed by atoms with E-state index in [0.717, 1.165) is 73.6 Å². The van der Waals surface area contributed by atoms with Crippen LogP contribution >= 0.6 is 0 Å². The van der Waals surface area contributed by atoms with Gasteiger partial charge in [-0.2, -0.15) is 0 Å². The SMILES string of the molecule is O=C(Cc1noc2ccccc12)C[N+]12CCC(CC1)[C@@H](OC(=O)C1(c3ccccc3)CCCCCC1)C2.[Cl-]. The number of carbonyl (C=O) groups excluding carboxylic acids is 2. The average molecular weight is 537 g/mol. The van der Waals surface area contributed by atoms with Crippen LogP contribution < -0.4 is 12.4 Å². The van der Waals surface area contributed by atoms with Crippen LogP contribution in [0.25, 0.3) is 11.0 Å². The van der Waals surface area contributed by atoms with Crippen molar-refractivity contribution in [2.24, 2.45) is 5.92 Å². The third kappa shape index (κ3) is 5.13. The summed E-state index contributed by atoms with van der Waals surface area (Å²) in [7, 11) is 0. The van der Waals surface area contributed by atoms with E-state index in [1.807, 2.05) is 42.5 Å². The van der Waals surface area contributed by atoms with Gasteiger partial charge in [0, 0.05) is 24.1 Å². The van der Waals surface area contributed by atoms with E-state index in [0.29, 0.717) is 23.7 Å². The Morgan fingerprint density at radius 1 is 0.947 bits per heavy atom. The third-order valence-electron chi connectivity index (χ3n) is 9.30. The maximum absolute atomic E-state index is 14.0. The van der Waals surface area contributed by atoms with Crippen LogP contribution in [0.1, 0.15) is 62.6 Å². The number of ketones is 1. The predicted octanol–water partition coefficient (Wildman–Crippen LogP) is 2.39. The van der Waals surface area contributed by atoms with E-state index in [1.165, 1.54) is 12.8 Å². The number of esters is 1. The van der Waals surface area contributed by atoms with Crippen LogP contribution in [-0.4, -0.2) is 53.7 Å². The minimum Gasteiger partial charge on any atom is -1.00 e. The Morgan fingerprint density at radius 2 is 1.63 bits per heavy atom. The summed E-state index contributed by atoms with van der Waals surface area (Å²) in [5.74, 6) is 0.532. The van der Waals surface area contributed by atoms with Gasteiger partial charge in [-0.1, -0.05) is 73.3 Å². The second-order valence-corrected chi connectivity index (χ2v) is 11.6. The number of aromatic nitrogens is 1. The van der Waals surface area contributed by atoms with Gasteiger partial charge in [-0.3, -0.25) is 9.59 Å². The molecule has 6 nitrogen and oxygen atoms in total. The standard InChI is InChI=1S/C31H37N2O4.ClH/c34-25(20-27-26-12-6-7-13-28(26)37-32-27)21-33-18-14-23(15-19-33)29(22-33)36-30(35)31(16-8-1-2-9-17-31)24-10-4-3-5-11-24;/h3-7,10-13,23,29H,1-2,8-9,14-22H2;1H/q+1;/p-1/t23?,29-,33?;/m0./s1. The molecule has 1 aliphatic carbocycles. The lowest BCUT2D eigenvalue weighted by molar-refractivity contribution is -0.939. The van der Waals surface area contributed by atoms with Crippen LogP contribution in [0.4, 0.5) is 0 Å². The van der Waals surface area contributed by atoms with Crippen LogP contribution in [-0.2, 0) is 26.2 Å². The Labute approximate surface area is 230 Å². The number of rotatable bonds is 7. The molecule has 0 radical (unpaired) electrons. The molecule has 3 aromatic rings. The van der Waals surface area contributed by atoms with Crippen molar-refractivity contribution >= 4 is 22.7 Å². The number of hydrogen-bond donors (Lipinski definition) is 0. The number of para-hydroxylation sites is 1. The van der Waals surface area contributed by atoms with Crippen LogP contribution in [0.15, 0.2) is 59.1 Å². The van der Waals surface area contributed by atoms with E-state index in [4.69, 9.17) is 9.26 Å². The van der Waals surface area contributed by atoms with Gasteiger partial charge in [0.2, 0.25) is 0 Å². The van der Waals surface area contributed by atoms with Gasteiger partial charge in [0.1, 0.15) is 13.1 Å². The lowest BCUT2D eigenvalue weighted by Crippen LogP contribution is -3.00. The summed E-state index contributed by atoms with van der Waals surface area (Å²) >= 11 is 0. The number of Topliss-reactive ketones (excluding diaryl/α,β-unsaturated/α-hetero) is 1. The quantitative estimate of drug-likeness (QED) is 0.263. The molecule has 4 aliphatic rings. The molecule has 1 aromatic heterocycles. The molecule has 0 unspecified atom stereocenters. The predicted molar refractivity (Wildman–Crippen MR) is 141 cm³/mol. The van der Waals surface area contributed by atoms with E-state index in [9.17, 15) is 9.59 Å². The first kappa shape index (κ1) is 26.9. The van der Waals surface area contributed by atoms with E-state index in [2.05, 4.69) is 17.3 Å². The molecule has 38 heavy (non-hydrogen) atoms. The maximum Gasteiger partial charge on any atom is 0.317 e. The first-order chi connectivity index (χ1) is 18.1. The molecular formula is C31H37ClN2O4. The van der Waals surface area contributed by atoms with Gasteiger partial charge in [-0.15, -0.1) is 0 Å². The summed E-state index contributed by atoms with van der Waals surface area (Å²) in [6.07, 6.45) is 8.38. The number of hydrogen-bond acceptors (Lipinski definition) is 5. The van der Waals surface area contributed by atoms with E-state index < -0.39 is 5.41 Å². The topological polar surface area (TPSA) is 69.4 Å². The molecule has 0 amide bonds. The molecular weight excluding hydrogens is 500 g/mol. The van der Waals surface area contributed by atoms with E-state index >= 15 is 0 Å². The van der Waals surface area contributed by atoms with Crippen molar-refractivity contribution in [1.82, 2.24) is 5.16 Å². The summed E-state index contributed by atoms with van der Waals surface area (Å²) < 4.78 is 12.6. The monoisotopic (exact) mass is 536 g/mol. The Kier molecular flexibility index (Phi) is 7.92. The molecule has 4 heterocycles. The van der Waals surface area contributed by atoms with Crippen molar-refractivity contribution in [3.05, 3.63) is 65.9 Å². The van der Waals surface area contributed by atoms with Crippen LogP contribution in [0.2, 0.25) is 0 Å². The number of fused-ring (bicyclic) bond motifs is 4. The second-order valence-electron chi connectivity index (χ2n) is 11.6. The van der Waals surface area contributed by atoms with E-state index in [1.54, 1.807) is 0 Å². The highest BCUT2D eigenvalue weighted by Crippen LogP contribution is 2.42. The smallest absolute Gasteiger partial charge is 0.317 e. The van der Waals surface area contributed by atoms with Crippen molar-refractivity contribution in [2.75, 3.05) is 26.2 Å². The summed E-state index contributed by atoms with van der Waals surface area (Å²) in [4.78, 5) is 27.2. The van der Waals surface area contributed by atoms with Gasteiger partial charge >= 0.3 is 5.97 Å². The van der Waals surface area contributed by atoms with Crippen molar-refractivity contribution in [3.8, 4) is 0 Å². The highest BCUT2D eigenvalue weighted by Gasteiger charge is 2.51. The summed E-state index contributed by atoms with van der Waals surface area (Å²) in [6, 6.07) is 18.0. The molecule has 2 bridgehead atoms. The molecule has 2 aromatic carbocycles. The number of ether oxygens (including phenoxy) is 1. The van der Waals surface area contributed by atoms with E-state index in [-0.39, 0.29) is 36.7 Å². The normalized spacial score (nSPS) is 26.3. The van der Waals surface area contributed by atoms with Gasteiger partial charge in [0.25, 0.3) is 0 Å². The fraction of sp³-hybridized carbons (Fsp3) is 0.516. The van der Waals surface area contributed by atoms with Gasteiger partial charge < -0.3 is 26.2 Å². The Balaban J connectivity index is 0.00000294. The molecule has 7 rings (SSSR count). The van der Waals surface area contributed by atoms with Gasteiger partial charge in [0.05, 0.1) is 30.6 Å². The second kappa shape index (κ2) is 11.2. The number of piperidine rings is 3. The average Bonchev–Trinajstić information content (AvgIpc) is 3.15. The summed E-state index contributed by atoms with van der Waals surface area (Å²) in [5, 5.41) is 5.08. The zero-order valence-corrected chi connectivity index (χ0v) is 22.7. The Hall–Kier alpha value is -2.70. The van der Waals surface area contributed by atoms with Crippen molar-refractivity contribution in [1.29, 1.82) is 0 Å². The number of benzene rings is 2. The fourth-order valence-electron chi connectivity index (χ4n) is 7.21. The molecule has 3 aliphatic heterocycles. The fourth-order valence-corrected chi connectivity index (χ4v) is 7.21. The highest BCUT2D eigenvalue weighted by atomic mass is 35.5. The largest absolute Gasteiger partial charge is 1.00 e. The van der Waals surface area contributed by atoms with Gasteiger partial charge in [-0.05, 0) is 30.5 Å². The molecule has 1 atom stereocenters. The Bertz CT molecular complexity index is 1260. The number of halogens is 1. The van der Waals surface area contributed by atoms with Crippen molar-refractivity contribution in [2.45, 2.75) is 69.3 Å². The first-order valence-corrected chi connectivity index (χ1v) is 14.0. The lowest BCUT2D eigenvalue weighted by Gasteiger charge is -2.52. The van der Waals surface area contributed by atoms with Crippen molar-refractivity contribution in [3.63, 3.8) is 0 Å². The van der Waals surface area contributed by atoms with Crippen LogP contribution in [0.5, 0.6) is 0 Å². The summed E-state index contributed by atoms with van der Waals surface area (Å²) in [5.41, 5.74) is 1.99. The molecule has 3 saturated heterocycles. The highest BCUT2D eigenvalue weighted by molar-refractivity contribution is 5.88. The maximum atomic E-state index is 14.0. The van der Waals surface area contributed by atoms with Crippen molar-refractivity contribution < 1.29 is 35.7 Å². The van der Waals surface area contributed by atoms with Crippen LogP contribution in [0, 0.1) is 5.92 Å². The first-order valence-electron chi connectivity index (χ1n) is 14.0. The molecule has 4 fully saturated rings. The molecule has 202 valence electrons. The van der Waals surface area contributed by atoms with Crippen LogP contribution in [0.3, 0.4) is 0 Å². The number of carbonyl (C=O) groups is 2. The van der Waals surface area contributed by atoms with Gasteiger partial charge in [-0.25, -0.2) is 0 Å². The zero-order valence-electron chi connectivity index (χ0n) is 21.9. The number of quaternary nitrogens is 1. The molecule has 1 saturated carbocycles.